The Morgan fingerprint density at radius 3 is 2.50 bits per heavy atom. The van der Waals surface area contributed by atoms with Gasteiger partial charge in [-0.25, -0.2) is 13.2 Å². The zero-order valence-corrected chi connectivity index (χ0v) is 18.1. The highest BCUT2D eigenvalue weighted by Crippen LogP contribution is 2.33. The van der Waals surface area contributed by atoms with Crippen LogP contribution >= 0.6 is 0 Å². The Labute approximate surface area is 175 Å². The summed E-state index contributed by atoms with van der Waals surface area (Å²) in [5, 5.41) is 0. The molecule has 0 unspecified atom stereocenters. The second-order valence-electron chi connectivity index (χ2n) is 7.40. The Morgan fingerprint density at radius 2 is 1.80 bits per heavy atom. The fraction of sp³-hybridized carbons (Fsp3) is 0.450. The summed E-state index contributed by atoms with van der Waals surface area (Å²) in [7, 11) is -0.766. The third kappa shape index (κ3) is 3.66. The third-order valence-corrected chi connectivity index (χ3v) is 7.69. The predicted octanol–water partition coefficient (Wildman–Crippen LogP) is 1.36. The van der Waals surface area contributed by atoms with E-state index in [-0.39, 0.29) is 17.4 Å². The van der Waals surface area contributed by atoms with Crippen molar-refractivity contribution in [3.05, 3.63) is 41.2 Å². The van der Waals surface area contributed by atoms with Gasteiger partial charge in [0.25, 0.3) is 0 Å². The van der Waals surface area contributed by atoms with Gasteiger partial charge in [-0.05, 0) is 30.7 Å². The van der Waals surface area contributed by atoms with E-state index in [1.165, 1.54) is 17.5 Å². The number of carbonyl (C=O) groups is 1. The van der Waals surface area contributed by atoms with Crippen molar-refractivity contribution in [2.24, 2.45) is 7.05 Å². The first-order chi connectivity index (χ1) is 14.3. The number of hydrogen-bond donors (Lipinski definition) is 0. The van der Waals surface area contributed by atoms with Crippen LogP contribution in [0.2, 0.25) is 0 Å². The summed E-state index contributed by atoms with van der Waals surface area (Å²) in [6.45, 7) is 4.64. The summed E-state index contributed by atoms with van der Waals surface area (Å²) < 4.78 is 44.9. The first-order valence-corrected chi connectivity index (χ1v) is 11.1. The van der Waals surface area contributed by atoms with Crippen LogP contribution in [0.3, 0.4) is 0 Å². The Bertz CT molecular complexity index is 1070. The van der Waals surface area contributed by atoms with Crippen LogP contribution in [0.1, 0.15) is 21.7 Å². The molecule has 0 spiro atoms. The average Bonchev–Trinajstić information content (AvgIpc) is 3.32. The maximum atomic E-state index is 13.2. The normalized spacial score (nSPS) is 17.3. The molecule has 0 radical (unpaired) electrons. The summed E-state index contributed by atoms with van der Waals surface area (Å²) in [6, 6.07) is 7.26. The van der Waals surface area contributed by atoms with Gasteiger partial charge < -0.3 is 18.8 Å². The van der Waals surface area contributed by atoms with Gasteiger partial charge in [-0.15, -0.1) is 0 Å². The number of aromatic nitrogens is 1. The molecule has 0 aliphatic carbocycles. The monoisotopic (exact) mass is 435 g/mol. The second-order valence-corrected chi connectivity index (χ2v) is 9.30. The molecule has 1 aromatic heterocycles. The molecule has 3 heterocycles. The molecule has 30 heavy (non-hydrogen) atoms. The minimum absolute atomic E-state index is 0.148. The Kier molecular flexibility index (Phi) is 5.48. The standard InChI is InChI=1S/C20H25N3O6S/c1-14-19(11-16(21(14)2)20(24)27-3)30(25,26)23-8-6-22(7-9-23)12-15-4-5-17-18(10-15)29-13-28-17/h4-5,10-11H,6-9,12-13H2,1-3H3. The number of benzene rings is 1. The fourth-order valence-electron chi connectivity index (χ4n) is 3.80. The van der Waals surface area contributed by atoms with Crippen molar-refractivity contribution in [1.82, 2.24) is 13.8 Å². The molecule has 0 bridgehead atoms. The molecular formula is C20H25N3O6S. The molecule has 0 atom stereocenters. The number of piperazine rings is 1. The molecule has 10 heteroatoms. The molecule has 0 N–H and O–H groups in total. The molecule has 2 aliphatic rings. The minimum Gasteiger partial charge on any atom is -0.464 e. The molecule has 2 aliphatic heterocycles. The van der Waals surface area contributed by atoms with E-state index >= 15 is 0 Å². The number of fused-ring (bicyclic) bond motifs is 1. The Morgan fingerprint density at radius 1 is 1.10 bits per heavy atom. The largest absolute Gasteiger partial charge is 0.464 e. The van der Waals surface area contributed by atoms with Crippen molar-refractivity contribution in [3.8, 4) is 11.5 Å². The van der Waals surface area contributed by atoms with Crippen LogP contribution in [0, 0.1) is 6.92 Å². The van der Waals surface area contributed by atoms with E-state index in [2.05, 4.69) is 4.90 Å². The number of esters is 1. The van der Waals surface area contributed by atoms with Crippen LogP contribution in [-0.2, 0) is 28.4 Å². The van der Waals surface area contributed by atoms with Gasteiger partial charge in [-0.1, -0.05) is 6.07 Å². The Hall–Kier alpha value is -2.56. The van der Waals surface area contributed by atoms with E-state index < -0.39 is 16.0 Å². The predicted molar refractivity (Wildman–Crippen MR) is 108 cm³/mol. The lowest BCUT2D eigenvalue weighted by Crippen LogP contribution is -2.48. The molecule has 1 fully saturated rings. The van der Waals surface area contributed by atoms with Gasteiger partial charge in [-0.3, -0.25) is 4.90 Å². The fourth-order valence-corrected chi connectivity index (χ4v) is 5.49. The van der Waals surface area contributed by atoms with Crippen LogP contribution in [0.5, 0.6) is 11.5 Å². The number of methoxy groups -OCH3 is 1. The van der Waals surface area contributed by atoms with E-state index in [1.54, 1.807) is 18.5 Å². The second kappa shape index (κ2) is 7.93. The summed E-state index contributed by atoms with van der Waals surface area (Å²) in [6.07, 6.45) is 0. The van der Waals surface area contributed by atoms with Crippen LogP contribution in [0.15, 0.2) is 29.2 Å². The van der Waals surface area contributed by atoms with Crippen LogP contribution in [0.25, 0.3) is 0 Å². The first-order valence-electron chi connectivity index (χ1n) is 9.67. The van der Waals surface area contributed by atoms with Gasteiger partial charge in [0, 0.05) is 45.5 Å². The Balaban J connectivity index is 1.44. The van der Waals surface area contributed by atoms with Crippen molar-refractivity contribution < 1.29 is 27.4 Å². The zero-order chi connectivity index (χ0) is 21.5. The van der Waals surface area contributed by atoms with E-state index in [0.717, 1.165) is 17.1 Å². The average molecular weight is 436 g/mol. The highest BCUT2D eigenvalue weighted by molar-refractivity contribution is 7.89. The molecule has 1 saturated heterocycles. The van der Waals surface area contributed by atoms with E-state index in [9.17, 15) is 13.2 Å². The summed E-state index contributed by atoms with van der Waals surface area (Å²) in [4.78, 5) is 14.3. The molecule has 9 nitrogen and oxygen atoms in total. The van der Waals surface area contributed by atoms with E-state index in [0.29, 0.717) is 38.4 Å². The summed E-state index contributed by atoms with van der Waals surface area (Å²) in [5.74, 6) is 0.935. The van der Waals surface area contributed by atoms with Crippen molar-refractivity contribution in [3.63, 3.8) is 0 Å². The SMILES string of the molecule is COC(=O)c1cc(S(=O)(=O)N2CCN(Cc3ccc4c(c3)OCO4)CC2)c(C)n1C. The number of carbonyl (C=O) groups excluding carboxylic acids is 1. The van der Waals surface area contributed by atoms with E-state index in [1.807, 2.05) is 18.2 Å². The molecule has 2 aromatic rings. The van der Waals surface area contributed by atoms with Crippen molar-refractivity contribution >= 4 is 16.0 Å². The maximum Gasteiger partial charge on any atom is 0.354 e. The number of sulfonamides is 1. The summed E-state index contributed by atoms with van der Waals surface area (Å²) in [5.41, 5.74) is 1.82. The highest BCUT2D eigenvalue weighted by Gasteiger charge is 2.32. The molecular weight excluding hydrogens is 410 g/mol. The van der Waals surface area contributed by atoms with Gasteiger partial charge in [0.15, 0.2) is 11.5 Å². The number of hydrogen-bond acceptors (Lipinski definition) is 7. The summed E-state index contributed by atoms with van der Waals surface area (Å²) >= 11 is 0. The third-order valence-electron chi connectivity index (χ3n) is 5.68. The lowest BCUT2D eigenvalue weighted by atomic mass is 10.2. The van der Waals surface area contributed by atoms with Crippen molar-refractivity contribution in [1.29, 1.82) is 0 Å². The topological polar surface area (TPSA) is 90.3 Å². The zero-order valence-electron chi connectivity index (χ0n) is 17.3. The van der Waals surface area contributed by atoms with Crippen molar-refractivity contribution in [2.45, 2.75) is 18.4 Å². The van der Waals surface area contributed by atoms with Gasteiger partial charge in [0.2, 0.25) is 16.8 Å². The van der Waals surface area contributed by atoms with Gasteiger partial charge in [-0.2, -0.15) is 4.31 Å². The molecule has 0 saturated carbocycles. The minimum atomic E-state index is -3.70. The quantitative estimate of drug-likeness (QED) is 0.655. The van der Waals surface area contributed by atoms with Crippen LogP contribution in [0.4, 0.5) is 0 Å². The molecule has 4 rings (SSSR count). The maximum absolute atomic E-state index is 13.2. The number of rotatable bonds is 5. The van der Waals surface area contributed by atoms with Crippen molar-refractivity contribution in [2.75, 3.05) is 40.1 Å². The van der Waals surface area contributed by atoms with Gasteiger partial charge >= 0.3 is 5.97 Å². The highest BCUT2D eigenvalue weighted by atomic mass is 32.2. The number of ether oxygens (including phenoxy) is 3. The van der Waals surface area contributed by atoms with Crippen LogP contribution in [-0.4, -0.2) is 68.2 Å². The number of nitrogens with zero attached hydrogens (tertiary/aromatic N) is 3. The van der Waals surface area contributed by atoms with E-state index in [4.69, 9.17) is 14.2 Å². The molecule has 162 valence electrons. The van der Waals surface area contributed by atoms with Gasteiger partial charge in [0.05, 0.1) is 7.11 Å². The molecule has 1 aromatic carbocycles. The molecule has 0 amide bonds. The lowest BCUT2D eigenvalue weighted by molar-refractivity contribution is 0.0589. The van der Waals surface area contributed by atoms with Gasteiger partial charge in [0.1, 0.15) is 10.6 Å². The first kappa shape index (κ1) is 20.7. The van der Waals surface area contributed by atoms with Crippen LogP contribution < -0.4 is 9.47 Å². The lowest BCUT2D eigenvalue weighted by Gasteiger charge is -2.34. The smallest absolute Gasteiger partial charge is 0.354 e.